The molecule has 0 atom stereocenters. The van der Waals surface area contributed by atoms with Crippen molar-refractivity contribution in [2.45, 2.75) is 0 Å². The molecular formula is C15H9Cl3FNO3. The van der Waals surface area contributed by atoms with E-state index in [2.05, 4.69) is 5.32 Å². The number of carbonyl (C=O) groups excluding carboxylic acids is 2. The summed E-state index contributed by atoms with van der Waals surface area (Å²) in [7, 11) is 0. The largest absolute Gasteiger partial charge is 0.452 e. The number of rotatable bonds is 4. The Hall–Kier alpha value is -1.82. The van der Waals surface area contributed by atoms with Gasteiger partial charge in [0.2, 0.25) is 0 Å². The quantitative estimate of drug-likeness (QED) is 0.795. The number of esters is 1. The fraction of sp³-hybridized carbons (Fsp3) is 0.0667. The molecule has 0 fully saturated rings. The smallest absolute Gasteiger partial charge is 0.340 e. The molecular weight excluding hydrogens is 368 g/mol. The predicted molar refractivity (Wildman–Crippen MR) is 86.8 cm³/mol. The van der Waals surface area contributed by atoms with Crippen molar-refractivity contribution in [3.8, 4) is 0 Å². The number of hydrogen-bond acceptors (Lipinski definition) is 3. The average Bonchev–Trinajstić information content (AvgIpc) is 2.48. The van der Waals surface area contributed by atoms with Crippen molar-refractivity contribution in [3.05, 3.63) is 62.8 Å². The van der Waals surface area contributed by atoms with Gasteiger partial charge in [0, 0.05) is 5.02 Å². The summed E-state index contributed by atoms with van der Waals surface area (Å²) in [6.45, 7) is -0.560. The van der Waals surface area contributed by atoms with Crippen molar-refractivity contribution >= 4 is 52.4 Å². The van der Waals surface area contributed by atoms with Crippen LogP contribution in [-0.4, -0.2) is 18.5 Å². The number of halogens is 4. The molecule has 23 heavy (non-hydrogen) atoms. The highest BCUT2D eigenvalue weighted by Crippen LogP contribution is 2.25. The van der Waals surface area contributed by atoms with Gasteiger partial charge in [-0.25, -0.2) is 9.18 Å². The van der Waals surface area contributed by atoms with Crippen LogP contribution in [0.5, 0.6) is 0 Å². The first-order valence-electron chi connectivity index (χ1n) is 6.24. The van der Waals surface area contributed by atoms with Gasteiger partial charge in [-0.3, -0.25) is 4.79 Å². The molecule has 0 bridgehead atoms. The average molecular weight is 377 g/mol. The third kappa shape index (κ3) is 4.82. The number of ether oxygens (including phenoxy) is 1. The van der Waals surface area contributed by atoms with E-state index >= 15 is 0 Å². The van der Waals surface area contributed by atoms with Crippen molar-refractivity contribution in [2.24, 2.45) is 0 Å². The van der Waals surface area contributed by atoms with Crippen LogP contribution in [0.1, 0.15) is 10.4 Å². The highest BCUT2D eigenvalue weighted by atomic mass is 35.5. The first kappa shape index (κ1) is 17.5. The van der Waals surface area contributed by atoms with E-state index in [-0.39, 0.29) is 15.6 Å². The van der Waals surface area contributed by atoms with E-state index in [4.69, 9.17) is 39.5 Å². The SMILES string of the molecule is O=C(COC(=O)c1ccc(F)cc1Cl)Nc1cc(Cl)ccc1Cl. The summed E-state index contributed by atoms with van der Waals surface area (Å²) in [6, 6.07) is 7.75. The molecule has 0 radical (unpaired) electrons. The van der Waals surface area contributed by atoms with Crippen molar-refractivity contribution < 1.29 is 18.7 Å². The summed E-state index contributed by atoms with van der Waals surface area (Å²) in [6.07, 6.45) is 0. The van der Waals surface area contributed by atoms with E-state index in [0.29, 0.717) is 10.7 Å². The normalized spacial score (nSPS) is 10.3. The summed E-state index contributed by atoms with van der Waals surface area (Å²) in [5.41, 5.74) is 0.252. The molecule has 2 aromatic rings. The lowest BCUT2D eigenvalue weighted by molar-refractivity contribution is -0.119. The van der Waals surface area contributed by atoms with Gasteiger partial charge in [-0.2, -0.15) is 0 Å². The Labute approximate surface area is 146 Å². The van der Waals surface area contributed by atoms with E-state index in [0.717, 1.165) is 12.1 Å². The summed E-state index contributed by atoms with van der Waals surface area (Å²) in [5.74, 6) is -2.04. The molecule has 0 aliphatic carbocycles. The van der Waals surface area contributed by atoms with Crippen molar-refractivity contribution in [1.29, 1.82) is 0 Å². The molecule has 0 aliphatic heterocycles. The number of amides is 1. The lowest BCUT2D eigenvalue weighted by atomic mass is 10.2. The monoisotopic (exact) mass is 375 g/mol. The number of nitrogens with one attached hydrogen (secondary N) is 1. The minimum Gasteiger partial charge on any atom is -0.452 e. The minimum atomic E-state index is -0.845. The Kier molecular flexibility index (Phi) is 5.82. The number of carbonyl (C=O) groups is 2. The molecule has 8 heteroatoms. The molecule has 0 unspecified atom stereocenters. The molecule has 0 spiro atoms. The van der Waals surface area contributed by atoms with Gasteiger partial charge < -0.3 is 10.1 Å². The minimum absolute atomic E-state index is 0.0401. The maximum absolute atomic E-state index is 12.9. The second kappa shape index (κ2) is 7.64. The molecule has 1 amide bonds. The van der Waals surface area contributed by atoms with Gasteiger partial charge >= 0.3 is 5.97 Å². The maximum Gasteiger partial charge on any atom is 0.340 e. The maximum atomic E-state index is 12.9. The van der Waals surface area contributed by atoms with Crippen LogP contribution in [0, 0.1) is 5.82 Å². The molecule has 120 valence electrons. The van der Waals surface area contributed by atoms with Crippen molar-refractivity contribution in [2.75, 3.05) is 11.9 Å². The second-order valence-electron chi connectivity index (χ2n) is 4.37. The third-order valence-corrected chi connectivity index (χ3v) is 3.57. The fourth-order valence-corrected chi connectivity index (χ4v) is 2.22. The third-order valence-electron chi connectivity index (χ3n) is 2.69. The second-order valence-corrected chi connectivity index (χ2v) is 5.62. The van der Waals surface area contributed by atoms with E-state index in [1.807, 2.05) is 0 Å². The van der Waals surface area contributed by atoms with E-state index in [9.17, 15) is 14.0 Å². The number of hydrogen-bond donors (Lipinski definition) is 1. The molecule has 0 saturated heterocycles. The Morgan fingerprint density at radius 3 is 2.48 bits per heavy atom. The molecule has 0 heterocycles. The first-order chi connectivity index (χ1) is 10.9. The Morgan fingerprint density at radius 2 is 1.78 bits per heavy atom. The summed E-state index contributed by atoms with van der Waals surface area (Å²) >= 11 is 17.4. The van der Waals surface area contributed by atoms with Crippen molar-refractivity contribution in [1.82, 2.24) is 0 Å². The Bertz CT molecular complexity index is 768. The molecule has 0 aliphatic rings. The lowest BCUT2D eigenvalue weighted by Crippen LogP contribution is -2.21. The predicted octanol–water partition coefficient (Wildman–Crippen LogP) is 4.58. The van der Waals surface area contributed by atoms with Crippen LogP contribution in [0.2, 0.25) is 15.1 Å². The zero-order valence-electron chi connectivity index (χ0n) is 11.4. The Balaban J connectivity index is 1.96. The number of benzene rings is 2. The standard InChI is InChI=1S/C15H9Cl3FNO3/c16-8-1-4-11(17)13(5-8)20-14(21)7-23-15(22)10-3-2-9(19)6-12(10)18/h1-6H,7H2,(H,20,21). The van der Waals surface area contributed by atoms with Gasteiger partial charge in [-0.15, -0.1) is 0 Å². The summed E-state index contributed by atoms with van der Waals surface area (Å²) in [5, 5.41) is 3.03. The molecule has 4 nitrogen and oxygen atoms in total. The van der Waals surface area contributed by atoms with Gasteiger partial charge in [0.1, 0.15) is 5.82 Å². The van der Waals surface area contributed by atoms with E-state index < -0.39 is 24.3 Å². The highest BCUT2D eigenvalue weighted by Gasteiger charge is 2.15. The van der Waals surface area contributed by atoms with Crippen LogP contribution in [0.25, 0.3) is 0 Å². The highest BCUT2D eigenvalue weighted by molar-refractivity contribution is 6.35. The van der Waals surface area contributed by atoms with Gasteiger partial charge in [0.15, 0.2) is 6.61 Å². The lowest BCUT2D eigenvalue weighted by Gasteiger charge is -2.09. The Morgan fingerprint density at radius 1 is 1.04 bits per heavy atom. The topological polar surface area (TPSA) is 55.4 Å². The zero-order chi connectivity index (χ0) is 17.0. The van der Waals surface area contributed by atoms with Crippen LogP contribution in [0.4, 0.5) is 10.1 Å². The first-order valence-corrected chi connectivity index (χ1v) is 7.37. The molecule has 1 N–H and O–H groups in total. The van der Waals surface area contributed by atoms with Crippen LogP contribution in [0.3, 0.4) is 0 Å². The molecule has 2 aromatic carbocycles. The molecule has 0 saturated carbocycles. The molecule has 0 aromatic heterocycles. The van der Waals surface area contributed by atoms with E-state index in [1.54, 1.807) is 6.07 Å². The molecule has 2 rings (SSSR count). The van der Waals surface area contributed by atoms with Crippen LogP contribution in [-0.2, 0) is 9.53 Å². The number of anilines is 1. The van der Waals surface area contributed by atoms with Gasteiger partial charge in [-0.05, 0) is 36.4 Å². The van der Waals surface area contributed by atoms with E-state index in [1.165, 1.54) is 18.2 Å². The van der Waals surface area contributed by atoms with Gasteiger partial charge in [0.05, 0.1) is 21.3 Å². The summed E-state index contributed by atoms with van der Waals surface area (Å²) < 4.78 is 17.7. The van der Waals surface area contributed by atoms with Gasteiger partial charge in [-0.1, -0.05) is 34.8 Å². The van der Waals surface area contributed by atoms with Crippen LogP contribution < -0.4 is 5.32 Å². The van der Waals surface area contributed by atoms with Crippen LogP contribution >= 0.6 is 34.8 Å². The van der Waals surface area contributed by atoms with Gasteiger partial charge in [0.25, 0.3) is 5.91 Å². The van der Waals surface area contributed by atoms with Crippen LogP contribution in [0.15, 0.2) is 36.4 Å². The zero-order valence-corrected chi connectivity index (χ0v) is 13.7. The fourth-order valence-electron chi connectivity index (χ4n) is 1.64. The summed E-state index contributed by atoms with van der Waals surface area (Å²) in [4.78, 5) is 23.6. The van der Waals surface area contributed by atoms with Crippen molar-refractivity contribution in [3.63, 3.8) is 0 Å².